The lowest BCUT2D eigenvalue weighted by Gasteiger charge is -2.30. The number of hydrogen-bond acceptors (Lipinski definition) is 3. The Morgan fingerprint density at radius 3 is 2.68 bits per heavy atom. The van der Waals surface area contributed by atoms with E-state index in [4.69, 9.17) is 0 Å². The zero-order chi connectivity index (χ0) is 17.6. The van der Waals surface area contributed by atoms with Crippen LogP contribution in [-0.2, 0) is 13.0 Å². The summed E-state index contributed by atoms with van der Waals surface area (Å²) in [5.74, 6) is -0.495. The number of β-amino-alcohol motifs (C(OH)–C–C–N with tert-alkyl or cyclic N) is 1. The van der Waals surface area contributed by atoms with Gasteiger partial charge in [0.05, 0.1) is 11.8 Å². The number of carbonyl (C=O) groups excluding carboxylic acids is 1. The molecule has 25 heavy (non-hydrogen) atoms. The van der Waals surface area contributed by atoms with E-state index in [1.807, 2.05) is 12.1 Å². The number of rotatable bonds is 5. The van der Waals surface area contributed by atoms with Gasteiger partial charge in [-0.3, -0.25) is 4.90 Å². The van der Waals surface area contributed by atoms with E-state index in [0.29, 0.717) is 6.54 Å². The molecule has 1 atom stereocenters. The highest BCUT2D eigenvalue weighted by molar-refractivity contribution is 5.89. The Hall–Kier alpha value is -2.44. The Morgan fingerprint density at radius 1 is 1.16 bits per heavy atom. The summed E-state index contributed by atoms with van der Waals surface area (Å²) < 4.78 is 13.5. The highest BCUT2D eigenvalue weighted by atomic mass is 19.1. The van der Waals surface area contributed by atoms with Crippen LogP contribution in [0.3, 0.4) is 0 Å². The van der Waals surface area contributed by atoms with Crippen molar-refractivity contribution in [2.75, 3.05) is 25.0 Å². The number of amides is 2. The molecule has 0 saturated carbocycles. The summed E-state index contributed by atoms with van der Waals surface area (Å²) >= 11 is 0. The molecule has 0 bridgehead atoms. The van der Waals surface area contributed by atoms with Crippen LogP contribution >= 0.6 is 0 Å². The molecule has 2 amide bonds. The van der Waals surface area contributed by atoms with E-state index in [2.05, 4.69) is 27.7 Å². The van der Waals surface area contributed by atoms with Crippen molar-refractivity contribution in [3.05, 3.63) is 65.5 Å². The molecule has 3 N–H and O–H groups in total. The molecule has 0 spiro atoms. The van der Waals surface area contributed by atoms with Gasteiger partial charge < -0.3 is 15.7 Å². The van der Waals surface area contributed by atoms with E-state index in [0.717, 1.165) is 19.5 Å². The van der Waals surface area contributed by atoms with Gasteiger partial charge in [-0.1, -0.05) is 36.4 Å². The maximum atomic E-state index is 13.5. The van der Waals surface area contributed by atoms with Crippen LogP contribution in [0.1, 0.15) is 11.1 Å². The van der Waals surface area contributed by atoms with Gasteiger partial charge in [0.1, 0.15) is 5.82 Å². The second-order valence-electron chi connectivity index (χ2n) is 6.22. The van der Waals surface area contributed by atoms with Crippen LogP contribution in [-0.4, -0.2) is 41.8 Å². The maximum absolute atomic E-state index is 13.5. The lowest BCUT2D eigenvalue weighted by molar-refractivity contribution is 0.106. The summed E-state index contributed by atoms with van der Waals surface area (Å²) in [5, 5.41) is 15.2. The third-order valence-electron chi connectivity index (χ3n) is 4.30. The molecule has 0 aromatic heterocycles. The Bertz CT molecular complexity index is 738. The minimum absolute atomic E-state index is 0.110. The summed E-state index contributed by atoms with van der Waals surface area (Å²) in [5.41, 5.74) is 2.75. The third-order valence-corrected chi connectivity index (χ3v) is 4.30. The molecule has 0 radical (unpaired) electrons. The number of anilines is 1. The van der Waals surface area contributed by atoms with E-state index < -0.39 is 18.0 Å². The van der Waals surface area contributed by atoms with Crippen molar-refractivity contribution in [1.29, 1.82) is 0 Å². The lowest BCUT2D eigenvalue weighted by Crippen LogP contribution is -2.43. The predicted molar refractivity (Wildman–Crippen MR) is 94.9 cm³/mol. The minimum atomic E-state index is -0.684. The molecular weight excluding hydrogens is 321 g/mol. The zero-order valence-corrected chi connectivity index (χ0v) is 13.9. The summed E-state index contributed by atoms with van der Waals surface area (Å²) in [7, 11) is 0. The number of halogens is 1. The van der Waals surface area contributed by atoms with Crippen molar-refractivity contribution >= 4 is 11.7 Å². The number of benzene rings is 2. The number of carbonyl (C=O) groups is 1. The van der Waals surface area contributed by atoms with Crippen molar-refractivity contribution < 1.29 is 14.3 Å². The number of fused-ring (bicyclic) bond motifs is 1. The summed E-state index contributed by atoms with van der Waals surface area (Å²) in [6.07, 6.45) is 0.279. The first-order chi connectivity index (χ1) is 12.1. The number of urea groups is 1. The standard InChI is InChI=1S/C19H22FN3O2/c20-17-7-3-4-8-18(17)22-19(25)21-11-16(24)13-23-10-9-14-5-1-2-6-15(14)12-23/h1-8,16,24H,9-13H2,(H2,21,22,25). The minimum Gasteiger partial charge on any atom is -0.390 e. The molecule has 1 unspecified atom stereocenters. The number of nitrogens with zero attached hydrogens (tertiary/aromatic N) is 1. The Morgan fingerprint density at radius 2 is 1.88 bits per heavy atom. The molecule has 2 aromatic rings. The van der Waals surface area contributed by atoms with Gasteiger partial charge >= 0.3 is 6.03 Å². The maximum Gasteiger partial charge on any atom is 0.319 e. The van der Waals surface area contributed by atoms with Crippen LogP contribution in [0.5, 0.6) is 0 Å². The van der Waals surface area contributed by atoms with Gasteiger partial charge in [0.25, 0.3) is 0 Å². The molecular formula is C19H22FN3O2. The van der Waals surface area contributed by atoms with Gasteiger partial charge in [0.15, 0.2) is 0 Å². The summed E-state index contributed by atoms with van der Waals surface area (Å²) in [6, 6.07) is 13.7. The van der Waals surface area contributed by atoms with Gasteiger partial charge in [-0.2, -0.15) is 0 Å². The van der Waals surface area contributed by atoms with Crippen molar-refractivity contribution in [2.24, 2.45) is 0 Å². The van der Waals surface area contributed by atoms with Crippen molar-refractivity contribution in [2.45, 2.75) is 19.1 Å². The summed E-state index contributed by atoms with van der Waals surface area (Å²) in [4.78, 5) is 14.0. The van der Waals surface area contributed by atoms with Crippen LogP contribution in [0.15, 0.2) is 48.5 Å². The first-order valence-corrected chi connectivity index (χ1v) is 8.38. The van der Waals surface area contributed by atoms with E-state index >= 15 is 0 Å². The SMILES string of the molecule is O=C(NCC(O)CN1CCc2ccccc2C1)Nc1ccccc1F. The zero-order valence-electron chi connectivity index (χ0n) is 13.9. The Kier molecular flexibility index (Phi) is 5.63. The molecule has 5 nitrogen and oxygen atoms in total. The van der Waals surface area contributed by atoms with Crippen LogP contribution in [0, 0.1) is 5.82 Å². The van der Waals surface area contributed by atoms with Crippen LogP contribution in [0.4, 0.5) is 14.9 Å². The molecule has 132 valence electrons. The topological polar surface area (TPSA) is 64.6 Å². The number of para-hydroxylation sites is 1. The van der Waals surface area contributed by atoms with Gasteiger partial charge in [-0.25, -0.2) is 9.18 Å². The molecule has 1 aliphatic rings. The van der Waals surface area contributed by atoms with E-state index in [1.165, 1.54) is 23.3 Å². The fourth-order valence-electron chi connectivity index (χ4n) is 3.01. The average Bonchev–Trinajstić information content (AvgIpc) is 2.62. The molecule has 6 heteroatoms. The fourth-order valence-corrected chi connectivity index (χ4v) is 3.01. The second-order valence-corrected chi connectivity index (χ2v) is 6.22. The first-order valence-electron chi connectivity index (χ1n) is 8.38. The van der Waals surface area contributed by atoms with Crippen LogP contribution in [0.2, 0.25) is 0 Å². The van der Waals surface area contributed by atoms with E-state index in [-0.39, 0.29) is 12.2 Å². The van der Waals surface area contributed by atoms with Gasteiger partial charge in [0.2, 0.25) is 0 Å². The predicted octanol–water partition coefficient (Wildman–Crippen LogP) is 2.37. The number of aliphatic hydroxyl groups excluding tert-OH is 1. The quantitative estimate of drug-likeness (QED) is 0.781. The largest absolute Gasteiger partial charge is 0.390 e. The molecule has 1 aliphatic heterocycles. The molecule has 0 saturated heterocycles. The number of aliphatic hydroxyl groups is 1. The Balaban J connectivity index is 1.43. The van der Waals surface area contributed by atoms with Crippen LogP contribution < -0.4 is 10.6 Å². The second kappa shape index (κ2) is 8.09. The molecule has 1 heterocycles. The van der Waals surface area contributed by atoms with Crippen LogP contribution in [0.25, 0.3) is 0 Å². The number of hydrogen-bond donors (Lipinski definition) is 3. The molecule has 0 fully saturated rings. The molecule has 3 rings (SSSR count). The van der Waals surface area contributed by atoms with E-state index in [9.17, 15) is 14.3 Å². The van der Waals surface area contributed by atoms with Gasteiger partial charge in [-0.05, 0) is 29.7 Å². The fraction of sp³-hybridized carbons (Fsp3) is 0.316. The monoisotopic (exact) mass is 343 g/mol. The highest BCUT2D eigenvalue weighted by Gasteiger charge is 2.18. The highest BCUT2D eigenvalue weighted by Crippen LogP contribution is 2.18. The smallest absolute Gasteiger partial charge is 0.319 e. The van der Waals surface area contributed by atoms with Gasteiger partial charge in [0, 0.05) is 26.2 Å². The molecule has 0 aliphatic carbocycles. The summed E-state index contributed by atoms with van der Waals surface area (Å²) in [6.45, 7) is 2.27. The lowest BCUT2D eigenvalue weighted by atomic mass is 10.00. The number of nitrogens with one attached hydrogen (secondary N) is 2. The normalized spacial score (nSPS) is 15.3. The first kappa shape index (κ1) is 17.4. The van der Waals surface area contributed by atoms with Crippen molar-refractivity contribution in [3.63, 3.8) is 0 Å². The third kappa shape index (κ3) is 4.78. The van der Waals surface area contributed by atoms with Crippen molar-refractivity contribution in [3.8, 4) is 0 Å². The van der Waals surface area contributed by atoms with E-state index in [1.54, 1.807) is 12.1 Å². The molecule has 2 aromatic carbocycles. The van der Waals surface area contributed by atoms with Gasteiger partial charge in [-0.15, -0.1) is 0 Å². The van der Waals surface area contributed by atoms with Crippen molar-refractivity contribution in [1.82, 2.24) is 10.2 Å². The average molecular weight is 343 g/mol. The Labute approximate surface area is 146 Å².